The zero-order valence-corrected chi connectivity index (χ0v) is 27.7. The minimum atomic E-state index is -0.959. The molecule has 3 atom stereocenters. The number of aliphatic hydroxyl groups is 1. The number of nitrogens with one attached hydrogen (secondary N) is 2. The van der Waals surface area contributed by atoms with Crippen LogP contribution >= 0.6 is 11.8 Å². The average Bonchev–Trinajstić information content (AvgIpc) is 3.15. The van der Waals surface area contributed by atoms with Crippen LogP contribution in [0.15, 0.2) is 102 Å². The normalized spacial score (nSPS) is 17.3. The van der Waals surface area contributed by atoms with Crippen molar-refractivity contribution in [3.8, 4) is 11.1 Å². The highest BCUT2D eigenvalue weighted by atomic mass is 32.2. The first-order valence-electron chi connectivity index (χ1n) is 16.2. The van der Waals surface area contributed by atoms with Crippen LogP contribution in [0.2, 0.25) is 0 Å². The molecule has 49 heavy (non-hydrogen) atoms. The fraction of sp³-hybridized carbons (Fsp3) is 0.289. The van der Waals surface area contributed by atoms with Crippen LogP contribution in [-0.4, -0.2) is 45.1 Å². The van der Waals surface area contributed by atoms with Crippen molar-refractivity contribution in [3.05, 3.63) is 125 Å². The van der Waals surface area contributed by atoms with Crippen LogP contribution in [-0.2, 0) is 32.2 Å². The van der Waals surface area contributed by atoms with Gasteiger partial charge in [-0.05, 0) is 64.9 Å². The first-order chi connectivity index (χ1) is 23.8. The van der Waals surface area contributed by atoms with Gasteiger partial charge in [0.15, 0.2) is 6.29 Å². The van der Waals surface area contributed by atoms with Gasteiger partial charge < -0.3 is 25.0 Å². The van der Waals surface area contributed by atoms with E-state index in [-0.39, 0.29) is 36.7 Å². The maximum atomic E-state index is 12.4. The predicted molar refractivity (Wildman–Crippen MR) is 185 cm³/mol. The van der Waals surface area contributed by atoms with E-state index >= 15 is 0 Å². The lowest BCUT2D eigenvalue weighted by molar-refractivity contribution is -0.245. The second kappa shape index (κ2) is 17.8. The Bertz CT molecular complexity index is 1700. The van der Waals surface area contributed by atoms with Crippen LogP contribution in [0.1, 0.15) is 77.1 Å². The SMILES string of the molecule is O=C(CCCCC(=O)NCc1ccccc1-c1ccc([C@H]2O[C@@H](CSc3ccc(C(=O)O)cc3)C[C@@H](c3ccc(CO)cc3)O2)cc1)NO. The van der Waals surface area contributed by atoms with Crippen molar-refractivity contribution in [2.45, 2.75) is 68.6 Å². The first-order valence-corrected chi connectivity index (χ1v) is 17.2. The standard InChI is InChI=1S/C38H40N2O8S/c41-23-25-9-11-27(12-10-25)34-21-31(24-49-32-19-17-28(18-20-32)37(44)45)47-38(48-34)29-15-13-26(14-16-29)33-6-2-1-5-30(33)22-39-35(42)7-3-4-8-36(43)40-46/h1-2,5-6,9-20,31,34,38,41,46H,3-4,7-8,21-24H2,(H,39,42)(H,40,43)(H,44,45)/t31-,34+,38+/m1/s1. The van der Waals surface area contributed by atoms with Gasteiger partial charge in [-0.3, -0.25) is 14.8 Å². The maximum Gasteiger partial charge on any atom is 0.335 e. The Morgan fingerprint density at radius 2 is 1.47 bits per heavy atom. The molecule has 1 heterocycles. The predicted octanol–water partition coefficient (Wildman–Crippen LogP) is 6.56. The number of carbonyl (C=O) groups excluding carboxylic acids is 2. The summed E-state index contributed by atoms with van der Waals surface area (Å²) in [6.07, 6.45) is 1.14. The molecule has 5 N–H and O–H groups in total. The number of hydroxylamine groups is 1. The van der Waals surface area contributed by atoms with E-state index in [9.17, 15) is 24.6 Å². The van der Waals surface area contributed by atoms with Crippen molar-refractivity contribution in [1.82, 2.24) is 10.8 Å². The van der Waals surface area contributed by atoms with Crippen molar-refractivity contribution in [1.29, 1.82) is 0 Å². The Kier molecular flexibility index (Phi) is 13.0. The summed E-state index contributed by atoms with van der Waals surface area (Å²) in [7, 11) is 0. The number of hydrogen-bond donors (Lipinski definition) is 5. The smallest absolute Gasteiger partial charge is 0.335 e. The molecule has 0 aliphatic carbocycles. The van der Waals surface area contributed by atoms with Crippen molar-refractivity contribution < 1.29 is 39.3 Å². The summed E-state index contributed by atoms with van der Waals surface area (Å²) < 4.78 is 13.0. The van der Waals surface area contributed by atoms with E-state index in [0.29, 0.717) is 38.0 Å². The molecule has 0 bridgehead atoms. The molecule has 0 unspecified atom stereocenters. The van der Waals surface area contributed by atoms with E-state index in [0.717, 1.165) is 38.3 Å². The monoisotopic (exact) mass is 684 g/mol. The molecule has 256 valence electrons. The summed E-state index contributed by atoms with van der Waals surface area (Å²) in [4.78, 5) is 35.8. The van der Waals surface area contributed by atoms with Gasteiger partial charge in [-0.25, -0.2) is 10.3 Å². The molecular weight excluding hydrogens is 644 g/mol. The highest BCUT2D eigenvalue weighted by Gasteiger charge is 2.32. The summed E-state index contributed by atoms with van der Waals surface area (Å²) in [6.45, 7) is 0.324. The van der Waals surface area contributed by atoms with E-state index in [1.54, 1.807) is 41.5 Å². The Hall–Kier alpha value is -4.52. The van der Waals surface area contributed by atoms with Crippen molar-refractivity contribution in [3.63, 3.8) is 0 Å². The van der Waals surface area contributed by atoms with E-state index < -0.39 is 18.2 Å². The quantitative estimate of drug-likeness (QED) is 0.0405. The molecule has 10 nitrogen and oxygen atoms in total. The van der Waals surface area contributed by atoms with Crippen LogP contribution in [0.25, 0.3) is 11.1 Å². The minimum Gasteiger partial charge on any atom is -0.478 e. The van der Waals surface area contributed by atoms with Gasteiger partial charge in [0.05, 0.1) is 24.4 Å². The molecule has 1 fully saturated rings. The van der Waals surface area contributed by atoms with E-state index in [1.165, 1.54) is 0 Å². The Labute approximate surface area is 289 Å². The highest BCUT2D eigenvalue weighted by molar-refractivity contribution is 7.99. The summed E-state index contributed by atoms with van der Waals surface area (Å²) in [5.74, 6) is -0.880. The third-order valence-electron chi connectivity index (χ3n) is 8.32. The number of rotatable bonds is 15. The number of aromatic carboxylic acids is 1. The molecule has 0 radical (unpaired) electrons. The number of carboxylic acid groups (broad SMARTS) is 1. The maximum absolute atomic E-state index is 12.4. The minimum absolute atomic E-state index is 0.0350. The van der Waals surface area contributed by atoms with Crippen molar-refractivity contribution >= 4 is 29.5 Å². The Morgan fingerprint density at radius 1 is 0.796 bits per heavy atom. The molecule has 0 aromatic heterocycles. The first kappa shape index (κ1) is 35.8. The number of carboxylic acids is 1. The van der Waals surface area contributed by atoms with Gasteiger partial charge in [-0.2, -0.15) is 0 Å². The zero-order chi connectivity index (χ0) is 34.6. The molecular formula is C38H40N2O8S. The van der Waals surface area contributed by atoms with Crippen LogP contribution < -0.4 is 10.8 Å². The zero-order valence-electron chi connectivity index (χ0n) is 26.9. The molecule has 1 aliphatic rings. The van der Waals surface area contributed by atoms with Gasteiger partial charge >= 0.3 is 5.97 Å². The summed E-state index contributed by atoms with van der Waals surface area (Å²) in [5, 5.41) is 30.3. The number of hydrogen-bond acceptors (Lipinski definition) is 8. The fourth-order valence-electron chi connectivity index (χ4n) is 5.59. The van der Waals surface area contributed by atoms with Gasteiger partial charge in [0.1, 0.15) is 0 Å². The number of thioether (sulfide) groups is 1. The molecule has 1 aliphatic heterocycles. The second-order valence-corrected chi connectivity index (χ2v) is 12.9. The summed E-state index contributed by atoms with van der Waals surface area (Å²) in [5.41, 5.74) is 7.46. The number of ether oxygens (including phenoxy) is 2. The average molecular weight is 685 g/mol. The van der Waals surface area contributed by atoms with E-state index in [4.69, 9.17) is 14.7 Å². The Balaban J connectivity index is 1.26. The third-order valence-corrected chi connectivity index (χ3v) is 9.47. The fourth-order valence-corrected chi connectivity index (χ4v) is 6.51. The second-order valence-electron chi connectivity index (χ2n) is 11.8. The molecule has 2 amide bonds. The van der Waals surface area contributed by atoms with Crippen LogP contribution in [0, 0.1) is 0 Å². The Morgan fingerprint density at radius 3 is 2.14 bits per heavy atom. The van der Waals surface area contributed by atoms with E-state index in [1.807, 2.05) is 72.8 Å². The van der Waals surface area contributed by atoms with Gasteiger partial charge in [0, 0.05) is 42.0 Å². The van der Waals surface area contributed by atoms with Crippen LogP contribution in [0.5, 0.6) is 0 Å². The van der Waals surface area contributed by atoms with Gasteiger partial charge in [0.25, 0.3) is 0 Å². The third kappa shape index (κ3) is 10.2. The summed E-state index contributed by atoms with van der Waals surface area (Å²) >= 11 is 1.60. The lowest BCUT2D eigenvalue weighted by Crippen LogP contribution is -2.31. The van der Waals surface area contributed by atoms with E-state index in [2.05, 4.69) is 5.32 Å². The highest BCUT2D eigenvalue weighted by Crippen LogP contribution is 2.40. The lowest BCUT2D eigenvalue weighted by Gasteiger charge is -2.36. The lowest BCUT2D eigenvalue weighted by atomic mass is 9.97. The molecule has 0 spiro atoms. The molecule has 1 saturated heterocycles. The number of unbranched alkanes of at least 4 members (excludes halogenated alkanes) is 1. The number of carbonyl (C=O) groups is 3. The van der Waals surface area contributed by atoms with Crippen molar-refractivity contribution in [2.24, 2.45) is 0 Å². The molecule has 5 rings (SSSR count). The van der Waals surface area contributed by atoms with Crippen LogP contribution in [0.4, 0.5) is 0 Å². The molecule has 4 aromatic rings. The largest absolute Gasteiger partial charge is 0.478 e. The van der Waals surface area contributed by atoms with Gasteiger partial charge in [-0.15, -0.1) is 11.8 Å². The topological polar surface area (TPSA) is 154 Å². The van der Waals surface area contributed by atoms with Crippen molar-refractivity contribution in [2.75, 3.05) is 5.75 Å². The van der Waals surface area contributed by atoms with Gasteiger partial charge in [-0.1, -0.05) is 72.8 Å². The van der Waals surface area contributed by atoms with Gasteiger partial charge in [0.2, 0.25) is 11.8 Å². The number of aliphatic hydroxyl groups excluding tert-OH is 1. The number of benzene rings is 4. The van der Waals surface area contributed by atoms with Crippen LogP contribution in [0.3, 0.4) is 0 Å². The molecule has 11 heteroatoms. The summed E-state index contributed by atoms with van der Waals surface area (Å²) in [6, 6.07) is 30.4. The molecule has 4 aromatic carbocycles. The number of amides is 2. The molecule has 0 saturated carbocycles.